The predicted molar refractivity (Wildman–Crippen MR) is 65.0 cm³/mol. The van der Waals surface area contributed by atoms with Crippen molar-refractivity contribution in [3.63, 3.8) is 0 Å². The summed E-state index contributed by atoms with van der Waals surface area (Å²) in [5.41, 5.74) is -0.168. The first-order chi connectivity index (χ1) is 8.27. The highest BCUT2D eigenvalue weighted by Gasteiger charge is 2.18. The second-order valence-corrected chi connectivity index (χ2v) is 5.47. The molecule has 0 saturated heterocycles. The minimum absolute atomic E-state index is 0.168. The van der Waals surface area contributed by atoms with Crippen LogP contribution in [0.4, 0.5) is 4.39 Å². The van der Waals surface area contributed by atoms with E-state index < -0.39 is 21.7 Å². The summed E-state index contributed by atoms with van der Waals surface area (Å²) in [4.78, 5) is 12.8. The van der Waals surface area contributed by atoms with Crippen LogP contribution in [0.3, 0.4) is 0 Å². The third-order valence-electron chi connectivity index (χ3n) is 2.41. The molecule has 1 aromatic rings. The molecule has 1 amide bonds. The van der Waals surface area contributed by atoms with Crippen LogP contribution in [0.5, 0.6) is 0 Å². The summed E-state index contributed by atoms with van der Waals surface area (Å²) < 4.78 is 35.7. The summed E-state index contributed by atoms with van der Waals surface area (Å²) in [5, 5.41) is 4.87. The van der Waals surface area contributed by atoms with Crippen LogP contribution in [0.1, 0.15) is 23.7 Å². The van der Waals surface area contributed by atoms with Gasteiger partial charge in [0.1, 0.15) is 5.82 Å². The normalized spacial score (nSPS) is 11.3. The maximum absolute atomic E-state index is 13.7. The molecule has 18 heavy (non-hydrogen) atoms. The zero-order valence-corrected chi connectivity index (χ0v) is 11.0. The van der Waals surface area contributed by atoms with E-state index in [0.29, 0.717) is 6.54 Å². The number of carbonyl (C=O) groups is 1. The van der Waals surface area contributed by atoms with E-state index >= 15 is 0 Å². The molecule has 7 heteroatoms. The van der Waals surface area contributed by atoms with E-state index in [4.69, 9.17) is 5.14 Å². The minimum atomic E-state index is -3.96. The van der Waals surface area contributed by atoms with Gasteiger partial charge < -0.3 is 4.90 Å². The van der Waals surface area contributed by atoms with Gasteiger partial charge in [-0.05, 0) is 24.6 Å². The molecule has 5 nitrogen and oxygen atoms in total. The highest BCUT2D eigenvalue weighted by molar-refractivity contribution is 7.89. The highest BCUT2D eigenvalue weighted by atomic mass is 32.2. The van der Waals surface area contributed by atoms with Gasteiger partial charge in [0.15, 0.2) is 0 Å². The molecule has 0 aliphatic heterocycles. The third-order valence-corrected chi connectivity index (χ3v) is 3.32. The van der Waals surface area contributed by atoms with Crippen molar-refractivity contribution in [2.75, 3.05) is 13.6 Å². The summed E-state index contributed by atoms with van der Waals surface area (Å²) in [6.45, 7) is 2.39. The first-order valence-corrected chi connectivity index (χ1v) is 6.89. The van der Waals surface area contributed by atoms with E-state index in [-0.39, 0.29) is 10.5 Å². The number of benzene rings is 1. The average molecular weight is 274 g/mol. The molecule has 100 valence electrons. The first kappa shape index (κ1) is 14.6. The standard InChI is InChI=1S/C11H15FN2O3S/c1-3-6-14(2)11(15)9-5-4-8(7-10(9)12)18(13,16)17/h4-5,7H,3,6H2,1-2H3,(H2,13,16,17). The van der Waals surface area contributed by atoms with Gasteiger partial charge in [0.25, 0.3) is 5.91 Å². The van der Waals surface area contributed by atoms with E-state index in [2.05, 4.69) is 0 Å². The summed E-state index contributed by atoms with van der Waals surface area (Å²) in [6, 6.07) is 3.00. The number of nitrogens with two attached hydrogens (primary N) is 1. The first-order valence-electron chi connectivity index (χ1n) is 5.35. The lowest BCUT2D eigenvalue weighted by molar-refractivity contribution is 0.0790. The van der Waals surface area contributed by atoms with Crippen LogP contribution in [-0.2, 0) is 10.0 Å². The molecule has 1 aromatic carbocycles. The van der Waals surface area contributed by atoms with Crippen molar-refractivity contribution >= 4 is 15.9 Å². The van der Waals surface area contributed by atoms with Gasteiger partial charge in [0, 0.05) is 13.6 Å². The van der Waals surface area contributed by atoms with Gasteiger partial charge in [0.05, 0.1) is 10.5 Å². The predicted octanol–water partition coefficient (Wildman–Crippen LogP) is 0.955. The molecule has 0 aliphatic carbocycles. The Morgan fingerprint density at radius 2 is 2.06 bits per heavy atom. The van der Waals surface area contributed by atoms with Crippen LogP contribution in [0, 0.1) is 5.82 Å². The van der Waals surface area contributed by atoms with E-state index in [1.165, 1.54) is 4.90 Å². The van der Waals surface area contributed by atoms with Gasteiger partial charge in [-0.2, -0.15) is 0 Å². The zero-order chi connectivity index (χ0) is 13.9. The number of primary sulfonamides is 1. The molecule has 0 unspecified atom stereocenters. The Labute approximate surface area is 105 Å². The van der Waals surface area contributed by atoms with Crippen molar-refractivity contribution in [2.24, 2.45) is 5.14 Å². The number of halogens is 1. The van der Waals surface area contributed by atoms with Crippen molar-refractivity contribution in [3.8, 4) is 0 Å². The van der Waals surface area contributed by atoms with Crippen molar-refractivity contribution < 1.29 is 17.6 Å². The van der Waals surface area contributed by atoms with Crippen LogP contribution < -0.4 is 5.14 Å². The molecule has 0 saturated carbocycles. The van der Waals surface area contributed by atoms with Crippen molar-refractivity contribution in [1.29, 1.82) is 0 Å². The van der Waals surface area contributed by atoms with Gasteiger partial charge in [-0.1, -0.05) is 6.92 Å². The van der Waals surface area contributed by atoms with E-state index in [1.54, 1.807) is 7.05 Å². The summed E-state index contributed by atoms with van der Waals surface area (Å²) in [6.07, 6.45) is 0.749. The molecular formula is C11H15FN2O3S. The fraction of sp³-hybridized carbons (Fsp3) is 0.364. The molecule has 2 N–H and O–H groups in total. The molecule has 0 aromatic heterocycles. The lowest BCUT2D eigenvalue weighted by atomic mass is 10.2. The van der Waals surface area contributed by atoms with E-state index in [9.17, 15) is 17.6 Å². The maximum Gasteiger partial charge on any atom is 0.256 e. The summed E-state index contributed by atoms with van der Waals surface area (Å²) in [5.74, 6) is -1.38. The van der Waals surface area contributed by atoms with Gasteiger partial charge in [0.2, 0.25) is 10.0 Å². The number of carbonyl (C=O) groups excluding carboxylic acids is 1. The highest BCUT2D eigenvalue weighted by Crippen LogP contribution is 2.15. The fourth-order valence-corrected chi connectivity index (χ4v) is 2.01. The molecule has 0 atom stereocenters. The number of hydrogen-bond donors (Lipinski definition) is 1. The number of rotatable bonds is 4. The van der Waals surface area contributed by atoms with Gasteiger partial charge in [-0.3, -0.25) is 4.79 Å². The van der Waals surface area contributed by atoms with Crippen LogP contribution in [0.15, 0.2) is 23.1 Å². The van der Waals surface area contributed by atoms with Gasteiger partial charge in [-0.25, -0.2) is 17.9 Å². The Morgan fingerprint density at radius 3 is 2.50 bits per heavy atom. The average Bonchev–Trinajstić information content (AvgIpc) is 2.27. The molecule has 0 aliphatic rings. The van der Waals surface area contributed by atoms with Crippen molar-refractivity contribution in [3.05, 3.63) is 29.6 Å². The summed E-state index contributed by atoms with van der Waals surface area (Å²) in [7, 11) is -2.41. The third kappa shape index (κ3) is 3.27. The topological polar surface area (TPSA) is 80.5 Å². The van der Waals surface area contributed by atoms with Crippen molar-refractivity contribution in [2.45, 2.75) is 18.2 Å². The smallest absolute Gasteiger partial charge is 0.256 e. The van der Waals surface area contributed by atoms with Gasteiger partial charge in [-0.15, -0.1) is 0 Å². The Balaban J connectivity index is 3.10. The van der Waals surface area contributed by atoms with Crippen LogP contribution in [0.25, 0.3) is 0 Å². The second-order valence-electron chi connectivity index (χ2n) is 3.91. The monoisotopic (exact) mass is 274 g/mol. The number of amides is 1. The Hall–Kier alpha value is -1.47. The van der Waals surface area contributed by atoms with Gasteiger partial charge >= 0.3 is 0 Å². The maximum atomic E-state index is 13.7. The Morgan fingerprint density at radius 1 is 1.44 bits per heavy atom. The second kappa shape index (κ2) is 5.45. The summed E-state index contributed by atoms with van der Waals surface area (Å²) >= 11 is 0. The van der Waals surface area contributed by atoms with E-state index in [0.717, 1.165) is 24.6 Å². The molecule has 0 bridgehead atoms. The Kier molecular flexibility index (Phi) is 4.42. The number of sulfonamides is 1. The minimum Gasteiger partial charge on any atom is -0.342 e. The van der Waals surface area contributed by atoms with Crippen LogP contribution >= 0.6 is 0 Å². The quantitative estimate of drug-likeness (QED) is 0.887. The zero-order valence-electron chi connectivity index (χ0n) is 10.2. The molecule has 0 radical (unpaired) electrons. The largest absolute Gasteiger partial charge is 0.342 e. The molecule has 0 spiro atoms. The molecule has 0 fully saturated rings. The van der Waals surface area contributed by atoms with Crippen LogP contribution in [-0.4, -0.2) is 32.8 Å². The number of nitrogens with zero attached hydrogens (tertiary/aromatic N) is 1. The van der Waals surface area contributed by atoms with Crippen LogP contribution in [0.2, 0.25) is 0 Å². The molecular weight excluding hydrogens is 259 g/mol. The molecule has 1 rings (SSSR count). The fourth-order valence-electron chi connectivity index (χ4n) is 1.49. The number of hydrogen-bond acceptors (Lipinski definition) is 3. The lowest BCUT2D eigenvalue weighted by Crippen LogP contribution is -2.28. The van der Waals surface area contributed by atoms with Crippen molar-refractivity contribution in [1.82, 2.24) is 4.90 Å². The molecule has 0 heterocycles. The van der Waals surface area contributed by atoms with E-state index in [1.807, 2.05) is 6.92 Å². The Bertz CT molecular complexity index is 557. The SMILES string of the molecule is CCCN(C)C(=O)c1ccc(S(N)(=O)=O)cc1F. The lowest BCUT2D eigenvalue weighted by Gasteiger charge is -2.16.